The fourth-order valence-electron chi connectivity index (χ4n) is 3.89. The number of carbonyl (C=O) groups excluding carboxylic acids is 1. The van der Waals surface area contributed by atoms with Gasteiger partial charge in [0.1, 0.15) is 5.75 Å². The first-order chi connectivity index (χ1) is 13.7. The van der Waals surface area contributed by atoms with E-state index in [1.165, 1.54) is 0 Å². The summed E-state index contributed by atoms with van der Waals surface area (Å²) in [5.41, 5.74) is 3.82. The zero-order valence-electron chi connectivity index (χ0n) is 16.1. The van der Waals surface area contributed by atoms with Crippen molar-refractivity contribution in [3.63, 3.8) is 0 Å². The van der Waals surface area contributed by atoms with Gasteiger partial charge in [0.05, 0.1) is 13.2 Å². The molecule has 4 nitrogen and oxygen atoms in total. The monoisotopic (exact) mass is 372 g/mol. The van der Waals surface area contributed by atoms with Gasteiger partial charge in [0.25, 0.3) is 5.91 Å². The van der Waals surface area contributed by atoms with Gasteiger partial charge in [-0.25, -0.2) is 0 Å². The highest BCUT2D eigenvalue weighted by atomic mass is 16.5. The van der Waals surface area contributed by atoms with Crippen LogP contribution in [0.25, 0.3) is 0 Å². The second-order valence-electron chi connectivity index (χ2n) is 7.11. The summed E-state index contributed by atoms with van der Waals surface area (Å²) in [5, 5.41) is 3.63. The average Bonchev–Trinajstić information content (AvgIpc) is 2.74. The van der Waals surface area contributed by atoms with Crippen molar-refractivity contribution in [1.82, 2.24) is 0 Å². The van der Waals surface area contributed by atoms with E-state index in [1.807, 2.05) is 59.5 Å². The number of rotatable bonds is 4. The summed E-state index contributed by atoms with van der Waals surface area (Å²) < 4.78 is 5.29. The lowest BCUT2D eigenvalue weighted by Gasteiger charge is -2.40. The summed E-state index contributed by atoms with van der Waals surface area (Å²) in [4.78, 5) is 15.3. The van der Waals surface area contributed by atoms with Gasteiger partial charge in [0, 0.05) is 23.0 Å². The van der Waals surface area contributed by atoms with Gasteiger partial charge in [-0.3, -0.25) is 4.79 Å². The minimum atomic E-state index is -0.00277. The Morgan fingerprint density at radius 3 is 2.54 bits per heavy atom. The highest BCUT2D eigenvalue weighted by molar-refractivity contribution is 6.07. The first kappa shape index (κ1) is 18.1. The number of fused-ring (bicyclic) bond motifs is 1. The number of benzene rings is 3. The number of hydrogen-bond donors (Lipinski definition) is 1. The van der Waals surface area contributed by atoms with E-state index in [1.54, 1.807) is 13.2 Å². The third-order valence-electron chi connectivity index (χ3n) is 5.24. The van der Waals surface area contributed by atoms with E-state index in [0.717, 1.165) is 23.4 Å². The normalized spacial score (nSPS) is 18.3. The Morgan fingerprint density at radius 2 is 1.75 bits per heavy atom. The predicted octanol–water partition coefficient (Wildman–Crippen LogP) is 5.29. The lowest BCUT2D eigenvalue weighted by Crippen LogP contribution is -2.44. The Bertz CT molecular complexity index is 971. The number of nitrogens with zero attached hydrogens (tertiary/aromatic N) is 1. The molecule has 3 aromatic carbocycles. The third-order valence-corrected chi connectivity index (χ3v) is 5.24. The number of hydrogen-bond acceptors (Lipinski definition) is 3. The first-order valence-electron chi connectivity index (χ1n) is 9.55. The van der Waals surface area contributed by atoms with Gasteiger partial charge in [-0.1, -0.05) is 42.5 Å². The van der Waals surface area contributed by atoms with E-state index in [2.05, 4.69) is 30.4 Å². The molecule has 3 aromatic rings. The van der Waals surface area contributed by atoms with Gasteiger partial charge in [-0.15, -0.1) is 0 Å². The number of methoxy groups -OCH3 is 1. The van der Waals surface area contributed by atoms with Gasteiger partial charge in [0.15, 0.2) is 0 Å². The van der Waals surface area contributed by atoms with E-state index in [4.69, 9.17) is 4.74 Å². The molecule has 1 aliphatic heterocycles. The van der Waals surface area contributed by atoms with Crippen LogP contribution in [0.15, 0.2) is 78.9 Å². The standard InChI is InChI=1S/C24H24N2O2/c1-17-15-22(25-19-10-4-3-5-11-19)21-13-6-7-14-23(21)26(17)24(27)18-9-8-12-20(16-18)28-2/h3-14,16-17,22,25H,15H2,1-2H3/t17-,22-/m0/s1. The highest BCUT2D eigenvalue weighted by Crippen LogP contribution is 2.39. The van der Waals surface area contributed by atoms with Gasteiger partial charge in [0.2, 0.25) is 0 Å². The summed E-state index contributed by atoms with van der Waals surface area (Å²) in [5.74, 6) is 0.685. The Labute approximate surface area is 165 Å². The van der Waals surface area contributed by atoms with E-state index in [-0.39, 0.29) is 18.0 Å². The summed E-state index contributed by atoms with van der Waals surface area (Å²) in [6, 6.07) is 25.9. The minimum Gasteiger partial charge on any atom is -0.497 e. The highest BCUT2D eigenvalue weighted by Gasteiger charge is 2.34. The van der Waals surface area contributed by atoms with Crippen LogP contribution in [0.3, 0.4) is 0 Å². The van der Waals surface area contributed by atoms with E-state index in [0.29, 0.717) is 11.3 Å². The molecule has 4 heteroatoms. The van der Waals surface area contributed by atoms with Crippen LogP contribution in [0.1, 0.15) is 35.3 Å². The predicted molar refractivity (Wildman–Crippen MR) is 113 cm³/mol. The lowest BCUT2D eigenvalue weighted by molar-refractivity contribution is 0.0974. The molecule has 0 spiro atoms. The molecular formula is C24H24N2O2. The van der Waals surface area contributed by atoms with Crippen molar-refractivity contribution in [2.45, 2.75) is 25.4 Å². The van der Waals surface area contributed by atoms with E-state index < -0.39 is 0 Å². The number of carbonyl (C=O) groups is 1. The van der Waals surface area contributed by atoms with Crippen molar-refractivity contribution in [2.75, 3.05) is 17.3 Å². The van der Waals surface area contributed by atoms with Crippen LogP contribution in [0.2, 0.25) is 0 Å². The molecule has 1 heterocycles. The quantitative estimate of drug-likeness (QED) is 0.677. The molecule has 2 atom stereocenters. The smallest absolute Gasteiger partial charge is 0.258 e. The number of amides is 1. The summed E-state index contributed by atoms with van der Waals surface area (Å²) in [6.45, 7) is 2.10. The fraction of sp³-hybridized carbons (Fsp3) is 0.208. The molecule has 0 fully saturated rings. The maximum atomic E-state index is 13.4. The summed E-state index contributed by atoms with van der Waals surface area (Å²) >= 11 is 0. The largest absolute Gasteiger partial charge is 0.497 e. The zero-order valence-corrected chi connectivity index (χ0v) is 16.1. The Hall–Kier alpha value is -3.27. The fourth-order valence-corrected chi connectivity index (χ4v) is 3.89. The molecule has 4 rings (SSSR count). The van der Waals surface area contributed by atoms with E-state index >= 15 is 0 Å². The van der Waals surface area contributed by atoms with Crippen molar-refractivity contribution in [3.05, 3.63) is 90.0 Å². The molecule has 0 saturated carbocycles. The molecule has 142 valence electrons. The van der Waals surface area contributed by atoms with Gasteiger partial charge >= 0.3 is 0 Å². The Kier molecular flexibility index (Phi) is 5.02. The minimum absolute atomic E-state index is 0.00277. The second-order valence-corrected chi connectivity index (χ2v) is 7.11. The SMILES string of the molecule is COc1cccc(C(=O)N2c3ccccc3[C@@H](Nc3ccccc3)C[C@@H]2C)c1. The van der Waals surface area contributed by atoms with Crippen LogP contribution in [0.5, 0.6) is 5.75 Å². The molecule has 0 radical (unpaired) electrons. The molecule has 0 saturated heterocycles. The van der Waals surface area contributed by atoms with Gasteiger partial charge < -0.3 is 15.0 Å². The van der Waals surface area contributed by atoms with Crippen LogP contribution in [-0.2, 0) is 0 Å². The Balaban J connectivity index is 1.68. The molecule has 0 aromatic heterocycles. The Morgan fingerprint density at radius 1 is 1.00 bits per heavy atom. The average molecular weight is 372 g/mol. The summed E-state index contributed by atoms with van der Waals surface area (Å²) in [7, 11) is 1.61. The second kappa shape index (κ2) is 7.77. The maximum absolute atomic E-state index is 13.4. The maximum Gasteiger partial charge on any atom is 0.258 e. The van der Waals surface area contributed by atoms with Crippen LogP contribution in [0, 0.1) is 0 Å². The molecule has 28 heavy (non-hydrogen) atoms. The van der Waals surface area contributed by atoms with Crippen molar-refractivity contribution in [2.24, 2.45) is 0 Å². The molecule has 0 aliphatic carbocycles. The molecule has 0 unspecified atom stereocenters. The molecule has 1 N–H and O–H groups in total. The first-order valence-corrected chi connectivity index (χ1v) is 9.55. The van der Waals surface area contributed by atoms with Crippen LogP contribution < -0.4 is 15.0 Å². The van der Waals surface area contributed by atoms with Crippen molar-refractivity contribution >= 4 is 17.3 Å². The molecule has 1 amide bonds. The van der Waals surface area contributed by atoms with E-state index in [9.17, 15) is 4.79 Å². The molecular weight excluding hydrogens is 348 g/mol. The molecule has 1 aliphatic rings. The number of ether oxygens (including phenoxy) is 1. The number of anilines is 2. The van der Waals surface area contributed by atoms with Crippen LogP contribution in [0.4, 0.5) is 11.4 Å². The van der Waals surface area contributed by atoms with Crippen LogP contribution in [-0.4, -0.2) is 19.1 Å². The van der Waals surface area contributed by atoms with Crippen LogP contribution >= 0.6 is 0 Å². The third kappa shape index (κ3) is 3.46. The van der Waals surface area contributed by atoms with Crippen molar-refractivity contribution in [1.29, 1.82) is 0 Å². The summed E-state index contributed by atoms with van der Waals surface area (Å²) in [6.07, 6.45) is 0.835. The molecule has 0 bridgehead atoms. The topological polar surface area (TPSA) is 41.6 Å². The van der Waals surface area contributed by atoms with Gasteiger partial charge in [-0.05, 0) is 55.3 Å². The van der Waals surface area contributed by atoms with Crippen molar-refractivity contribution < 1.29 is 9.53 Å². The van der Waals surface area contributed by atoms with Gasteiger partial charge in [-0.2, -0.15) is 0 Å². The zero-order chi connectivity index (χ0) is 19.5. The number of para-hydroxylation sites is 2. The lowest BCUT2D eigenvalue weighted by atomic mass is 9.90. The van der Waals surface area contributed by atoms with Crippen molar-refractivity contribution in [3.8, 4) is 5.75 Å². The number of nitrogens with one attached hydrogen (secondary N) is 1.